The molecule has 0 radical (unpaired) electrons. The number of hydrogen-bond acceptors (Lipinski definition) is 5. The van der Waals surface area contributed by atoms with E-state index in [2.05, 4.69) is 4.98 Å². The van der Waals surface area contributed by atoms with Crippen LogP contribution in [-0.4, -0.2) is 34.8 Å². The van der Waals surface area contributed by atoms with Gasteiger partial charge in [-0.05, 0) is 31.5 Å². The van der Waals surface area contributed by atoms with Gasteiger partial charge in [0.25, 0.3) is 5.56 Å². The SMILES string of the molecule is COCCCn1c(SCC(C)=O)nc2cc(Cl)ccc2c1=O. The lowest BCUT2D eigenvalue weighted by Gasteiger charge is -2.12. The molecule has 0 N–H and O–H groups in total. The van der Waals surface area contributed by atoms with Crippen LogP contribution >= 0.6 is 23.4 Å². The van der Waals surface area contributed by atoms with E-state index in [1.807, 2.05) is 0 Å². The van der Waals surface area contributed by atoms with Crippen LogP contribution in [-0.2, 0) is 16.1 Å². The van der Waals surface area contributed by atoms with Crippen LogP contribution in [0, 0.1) is 0 Å². The number of thioether (sulfide) groups is 1. The number of ether oxygens (including phenoxy) is 1. The third-order valence-corrected chi connectivity index (χ3v) is 4.37. The third-order valence-electron chi connectivity index (χ3n) is 3.02. The molecule has 0 amide bonds. The van der Waals surface area contributed by atoms with E-state index in [0.29, 0.717) is 40.7 Å². The molecule has 0 bridgehead atoms. The molecule has 2 rings (SSSR count). The normalized spacial score (nSPS) is 11.0. The van der Waals surface area contributed by atoms with Crippen LogP contribution in [0.1, 0.15) is 13.3 Å². The Morgan fingerprint density at radius 1 is 1.45 bits per heavy atom. The summed E-state index contributed by atoms with van der Waals surface area (Å²) in [6.07, 6.45) is 0.699. The molecule has 5 nitrogen and oxygen atoms in total. The van der Waals surface area contributed by atoms with Crippen molar-refractivity contribution in [2.45, 2.75) is 25.0 Å². The highest BCUT2D eigenvalue weighted by molar-refractivity contribution is 7.99. The summed E-state index contributed by atoms with van der Waals surface area (Å²) in [6.45, 7) is 2.57. The van der Waals surface area contributed by atoms with Gasteiger partial charge in [-0.2, -0.15) is 0 Å². The molecule has 0 aliphatic rings. The van der Waals surface area contributed by atoms with Crippen molar-refractivity contribution in [1.29, 1.82) is 0 Å². The fraction of sp³-hybridized carbons (Fsp3) is 0.400. The first kappa shape index (κ1) is 17.0. The Bertz CT molecular complexity index is 745. The maximum Gasteiger partial charge on any atom is 0.262 e. The van der Waals surface area contributed by atoms with Crippen molar-refractivity contribution >= 4 is 40.0 Å². The molecule has 2 aromatic rings. The van der Waals surface area contributed by atoms with Gasteiger partial charge in [0.15, 0.2) is 5.16 Å². The van der Waals surface area contributed by atoms with Crippen molar-refractivity contribution in [1.82, 2.24) is 9.55 Å². The minimum atomic E-state index is -0.121. The van der Waals surface area contributed by atoms with Gasteiger partial charge in [-0.25, -0.2) is 4.98 Å². The van der Waals surface area contributed by atoms with Crippen molar-refractivity contribution in [3.05, 3.63) is 33.6 Å². The van der Waals surface area contributed by atoms with Crippen molar-refractivity contribution in [2.24, 2.45) is 0 Å². The minimum Gasteiger partial charge on any atom is -0.385 e. The largest absolute Gasteiger partial charge is 0.385 e. The summed E-state index contributed by atoms with van der Waals surface area (Å²) in [6, 6.07) is 5.02. The van der Waals surface area contributed by atoms with Gasteiger partial charge in [-0.3, -0.25) is 14.2 Å². The monoisotopic (exact) mass is 340 g/mol. The molecular formula is C15H17ClN2O3S. The molecule has 0 saturated carbocycles. The van der Waals surface area contributed by atoms with Gasteiger partial charge >= 0.3 is 0 Å². The maximum atomic E-state index is 12.6. The first-order valence-corrected chi connectivity index (χ1v) is 8.20. The number of halogens is 1. The predicted octanol–water partition coefficient (Wildman–Crippen LogP) is 2.77. The zero-order valence-corrected chi connectivity index (χ0v) is 14.0. The number of carbonyl (C=O) groups is 1. The lowest BCUT2D eigenvalue weighted by atomic mass is 10.2. The fourth-order valence-corrected chi connectivity index (χ4v) is 3.01. The summed E-state index contributed by atoms with van der Waals surface area (Å²) in [5.41, 5.74) is 0.426. The Labute approximate surface area is 137 Å². The number of aromatic nitrogens is 2. The maximum absolute atomic E-state index is 12.6. The average Bonchev–Trinajstić information content (AvgIpc) is 2.47. The number of fused-ring (bicyclic) bond motifs is 1. The molecule has 7 heteroatoms. The highest BCUT2D eigenvalue weighted by Gasteiger charge is 2.12. The van der Waals surface area contributed by atoms with Crippen molar-refractivity contribution < 1.29 is 9.53 Å². The summed E-state index contributed by atoms with van der Waals surface area (Å²) in [5.74, 6) is 0.317. The van der Waals surface area contributed by atoms with Crippen LogP contribution in [0.2, 0.25) is 5.02 Å². The summed E-state index contributed by atoms with van der Waals surface area (Å²) in [5, 5.41) is 1.58. The molecule has 118 valence electrons. The molecule has 0 aliphatic heterocycles. The van der Waals surface area contributed by atoms with E-state index in [1.165, 1.54) is 18.7 Å². The fourth-order valence-electron chi connectivity index (χ4n) is 2.01. The van der Waals surface area contributed by atoms with Crippen molar-refractivity contribution in [2.75, 3.05) is 19.5 Å². The number of methoxy groups -OCH3 is 1. The summed E-state index contributed by atoms with van der Waals surface area (Å²) >= 11 is 7.23. The molecule has 0 unspecified atom stereocenters. The summed E-state index contributed by atoms with van der Waals surface area (Å²) < 4.78 is 6.63. The average molecular weight is 341 g/mol. The van der Waals surface area contributed by atoms with Gasteiger partial charge in [0.1, 0.15) is 5.78 Å². The summed E-state index contributed by atoms with van der Waals surface area (Å²) in [4.78, 5) is 28.4. The number of nitrogens with zero attached hydrogens (tertiary/aromatic N) is 2. The van der Waals surface area contributed by atoms with E-state index in [9.17, 15) is 9.59 Å². The smallest absolute Gasteiger partial charge is 0.262 e. The quantitative estimate of drug-likeness (QED) is 0.440. The Kier molecular flexibility index (Phi) is 5.99. The highest BCUT2D eigenvalue weighted by Crippen LogP contribution is 2.20. The van der Waals surface area contributed by atoms with E-state index >= 15 is 0 Å². The zero-order valence-electron chi connectivity index (χ0n) is 12.5. The predicted molar refractivity (Wildman–Crippen MR) is 88.9 cm³/mol. The second-order valence-electron chi connectivity index (χ2n) is 4.85. The number of rotatable bonds is 7. The van der Waals surface area contributed by atoms with Gasteiger partial charge in [-0.1, -0.05) is 23.4 Å². The molecule has 0 spiro atoms. The molecule has 1 aromatic carbocycles. The Morgan fingerprint density at radius 2 is 2.23 bits per heavy atom. The Morgan fingerprint density at radius 3 is 2.91 bits per heavy atom. The van der Waals surface area contributed by atoms with Crippen LogP contribution in [0.15, 0.2) is 28.2 Å². The minimum absolute atomic E-state index is 0.0360. The number of carbonyl (C=O) groups excluding carboxylic acids is 1. The van der Waals surface area contributed by atoms with E-state index in [4.69, 9.17) is 16.3 Å². The number of benzene rings is 1. The highest BCUT2D eigenvalue weighted by atomic mass is 35.5. The van der Waals surface area contributed by atoms with Crippen LogP contribution in [0.5, 0.6) is 0 Å². The first-order chi connectivity index (χ1) is 10.5. The van der Waals surface area contributed by atoms with Crippen molar-refractivity contribution in [3.8, 4) is 0 Å². The third kappa shape index (κ3) is 4.09. The van der Waals surface area contributed by atoms with Crippen LogP contribution in [0.4, 0.5) is 0 Å². The van der Waals surface area contributed by atoms with Gasteiger partial charge in [0.2, 0.25) is 0 Å². The van der Waals surface area contributed by atoms with Gasteiger partial charge in [0, 0.05) is 25.3 Å². The molecular weight excluding hydrogens is 324 g/mol. The van der Waals surface area contributed by atoms with Gasteiger partial charge in [-0.15, -0.1) is 0 Å². The van der Waals surface area contributed by atoms with E-state index in [1.54, 1.807) is 29.9 Å². The van der Waals surface area contributed by atoms with Crippen LogP contribution in [0.25, 0.3) is 10.9 Å². The van der Waals surface area contributed by atoms with Crippen LogP contribution in [0.3, 0.4) is 0 Å². The number of hydrogen-bond donors (Lipinski definition) is 0. The molecule has 1 heterocycles. The number of ketones is 1. The van der Waals surface area contributed by atoms with E-state index < -0.39 is 0 Å². The topological polar surface area (TPSA) is 61.2 Å². The van der Waals surface area contributed by atoms with E-state index in [0.717, 1.165) is 0 Å². The molecule has 0 atom stereocenters. The zero-order chi connectivity index (χ0) is 16.1. The Balaban J connectivity index is 2.48. The molecule has 22 heavy (non-hydrogen) atoms. The van der Waals surface area contributed by atoms with Crippen LogP contribution < -0.4 is 5.56 Å². The second kappa shape index (κ2) is 7.76. The lowest BCUT2D eigenvalue weighted by molar-refractivity contribution is -0.114. The molecule has 0 saturated heterocycles. The number of Topliss-reactive ketones (excluding diaryl/α,β-unsaturated/α-hetero) is 1. The van der Waals surface area contributed by atoms with Gasteiger partial charge < -0.3 is 4.74 Å². The summed E-state index contributed by atoms with van der Waals surface area (Å²) in [7, 11) is 1.62. The van der Waals surface area contributed by atoms with E-state index in [-0.39, 0.29) is 17.1 Å². The van der Waals surface area contributed by atoms with Gasteiger partial charge in [0.05, 0.1) is 16.7 Å². The van der Waals surface area contributed by atoms with Crippen molar-refractivity contribution in [3.63, 3.8) is 0 Å². The molecule has 0 aliphatic carbocycles. The Hall–Kier alpha value is -1.37. The molecule has 1 aromatic heterocycles. The molecule has 0 fully saturated rings. The second-order valence-corrected chi connectivity index (χ2v) is 6.23. The standard InChI is InChI=1S/C15H17ClN2O3S/c1-10(19)9-22-15-17-13-8-11(16)4-5-12(13)14(20)18(15)6-3-7-21-2/h4-5,8H,3,6-7,9H2,1-2H3. The first-order valence-electron chi connectivity index (χ1n) is 6.84. The lowest BCUT2D eigenvalue weighted by Crippen LogP contribution is -2.24.